The van der Waals surface area contributed by atoms with Gasteiger partial charge in [-0.25, -0.2) is 0 Å². The third-order valence-electron chi connectivity index (χ3n) is 3.89. The van der Waals surface area contributed by atoms with Crippen molar-refractivity contribution < 1.29 is 9.32 Å². The molecule has 4 aromatic rings. The SMILES string of the molecule is O=C(NCc1nc(-c2ccc(Cl)cc2)no1)c1[nH]c2ccc(Cl)cc2c1Cl. The van der Waals surface area contributed by atoms with E-state index in [1.165, 1.54) is 0 Å². The minimum Gasteiger partial charge on any atom is -0.349 e. The van der Waals surface area contributed by atoms with E-state index < -0.39 is 5.91 Å². The van der Waals surface area contributed by atoms with Gasteiger partial charge in [0, 0.05) is 26.5 Å². The fourth-order valence-corrected chi connectivity index (χ4v) is 3.16. The number of amides is 1. The monoisotopic (exact) mass is 420 g/mol. The normalized spacial score (nSPS) is 11.1. The standard InChI is InChI=1S/C18H11Cl3N4O2/c19-10-3-1-9(2-4-10)17-24-14(27-25-17)8-22-18(26)16-15(21)12-7-11(20)5-6-13(12)23-16/h1-7,23H,8H2,(H,22,26). The van der Waals surface area contributed by atoms with Crippen LogP contribution in [0.5, 0.6) is 0 Å². The number of rotatable bonds is 4. The number of fused-ring (bicyclic) bond motifs is 1. The molecule has 2 aromatic carbocycles. The highest BCUT2D eigenvalue weighted by Gasteiger charge is 2.17. The number of hydrogen-bond acceptors (Lipinski definition) is 4. The van der Waals surface area contributed by atoms with Gasteiger partial charge in [0.2, 0.25) is 11.7 Å². The van der Waals surface area contributed by atoms with Crippen LogP contribution in [0.15, 0.2) is 47.0 Å². The number of halogens is 3. The van der Waals surface area contributed by atoms with E-state index >= 15 is 0 Å². The van der Waals surface area contributed by atoms with Crippen molar-refractivity contribution in [1.29, 1.82) is 0 Å². The molecule has 2 heterocycles. The van der Waals surface area contributed by atoms with Crippen LogP contribution in [0.4, 0.5) is 0 Å². The lowest BCUT2D eigenvalue weighted by molar-refractivity contribution is 0.0942. The van der Waals surface area contributed by atoms with Gasteiger partial charge in [0.25, 0.3) is 5.91 Å². The van der Waals surface area contributed by atoms with Gasteiger partial charge in [-0.2, -0.15) is 4.98 Å². The van der Waals surface area contributed by atoms with Crippen LogP contribution in [-0.4, -0.2) is 21.0 Å². The summed E-state index contributed by atoms with van der Waals surface area (Å²) in [5, 5.41) is 8.74. The zero-order chi connectivity index (χ0) is 19.0. The van der Waals surface area contributed by atoms with Gasteiger partial charge in [-0.05, 0) is 42.5 Å². The van der Waals surface area contributed by atoms with E-state index in [2.05, 4.69) is 20.4 Å². The molecule has 6 nitrogen and oxygen atoms in total. The van der Waals surface area contributed by atoms with E-state index in [0.29, 0.717) is 26.3 Å². The van der Waals surface area contributed by atoms with Crippen molar-refractivity contribution in [2.24, 2.45) is 0 Å². The Hall–Kier alpha value is -2.54. The number of H-pyrrole nitrogens is 1. The van der Waals surface area contributed by atoms with Crippen molar-refractivity contribution in [2.75, 3.05) is 0 Å². The number of aromatic amines is 1. The summed E-state index contributed by atoms with van der Waals surface area (Å²) in [6.45, 7) is 0.0614. The van der Waals surface area contributed by atoms with Gasteiger partial charge in [-0.3, -0.25) is 4.79 Å². The molecule has 0 fully saturated rings. The Labute approximate surface area is 168 Å². The van der Waals surface area contributed by atoms with Crippen molar-refractivity contribution in [2.45, 2.75) is 6.54 Å². The van der Waals surface area contributed by atoms with Crippen LogP contribution >= 0.6 is 34.8 Å². The maximum Gasteiger partial charge on any atom is 0.269 e. The molecular weight excluding hydrogens is 411 g/mol. The number of benzene rings is 2. The highest BCUT2D eigenvalue weighted by Crippen LogP contribution is 2.29. The van der Waals surface area contributed by atoms with Crippen LogP contribution in [0.3, 0.4) is 0 Å². The van der Waals surface area contributed by atoms with Crippen LogP contribution in [-0.2, 0) is 6.54 Å². The molecular formula is C18H11Cl3N4O2. The average molecular weight is 422 g/mol. The molecule has 0 spiro atoms. The summed E-state index contributed by atoms with van der Waals surface area (Å²) in [4.78, 5) is 19.7. The van der Waals surface area contributed by atoms with Crippen molar-refractivity contribution in [3.63, 3.8) is 0 Å². The highest BCUT2D eigenvalue weighted by molar-refractivity contribution is 6.39. The van der Waals surface area contributed by atoms with E-state index in [1.807, 2.05) is 0 Å². The minimum absolute atomic E-state index is 0.0614. The summed E-state index contributed by atoms with van der Waals surface area (Å²) in [7, 11) is 0. The van der Waals surface area contributed by atoms with Crippen LogP contribution in [0, 0.1) is 0 Å². The zero-order valence-corrected chi connectivity index (χ0v) is 15.9. The Morgan fingerprint density at radius 2 is 1.81 bits per heavy atom. The lowest BCUT2D eigenvalue weighted by Gasteiger charge is -2.00. The fourth-order valence-electron chi connectivity index (χ4n) is 2.57. The second-order valence-corrected chi connectivity index (χ2v) is 6.96. The largest absolute Gasteiger partial charge is 0.349 e. The van der Waals surface area contributed by atoms with E-state index in [-0.39, 0.29) is 18.1 Å². The molecule has 1 amide bonds. The highest BCUT2D eigenvalue weighted by atomic mass is 35.5. The molecule has 0 unspecified atom stereocenters. The number of hydrogen-bond donors (Lipinski definition) is 2. The molecule has 0 bridgehead atoms. The lowest BCUT2D eigenvalue weighted by Crippen LogP contribution is -2.23. The lowest BCUT2D eigenvalue weighted by atomic mass is 10.2. The van der Waals surface area contributed by atoms with Gasteiger partial charge in [0.15, 0.2) is 0 Å². The molecule has 2 aromatic heterocycles. The molecule has 0 saturated carbocycles. The maximum absolute atomic E-state index is 12.4. The van der Waals surface area contributed by atoms with E-state index in [9.17, 15) is 4.79 Å². The molecule has 0 aliphatic rings. The quantitative estimate of drug-likeness (QED) is 0.480. The molecule has 0 radical (unpaired) electrons. The summed E-state index contributed by atoms with van der Waals surface area (Å²) >= 11 is 18.1. The molecule has 0 aliphatic carbocycles. The molecule has 0 saturated heterocycles. The number of carbonyl (C=O) groups is 1. The first-order chi connectivity index (χ1) is 13.0. The molecule has 0 atom stereocenters. The molecule has 2 N–H and O–H groups in total. The summed E-state index contributed by atoms with van der Waals surface area (Å²) in [6, 6.07) is 12.2. The second-order valence-electron chi connectivity index (χ2n) is 5.71. The van der Waals surface area contributed by atoms with Crippen molar-refractivity contribution in [3.05, 3.63) is 69.1 Å². The first-order valence-corrected chi connectivity index (χ1v) is 8.98. The van der Waals surface area contributed by atoms with Crippen LogP contribution in [0.1, 0.15) is 16.4 Å². The van der Waals surface area contributed by atoms with E-state index in [4.69, 9.17) is 39.3 Å². The van der Waals surface area contributed by atoms with Gasteiger partial charge >= 0.3 is 0 Å². The Bertz CT molecular complexity index is 1140. The summed E-state index contributed by atoms with van der Waals surface area (Å²) in [5.41, 5.74) is 1.72. The van der Waals surface area contributed by atoms with Gasteiger partial charge in [0.1, 0.15) is 5.69 Å². The van der Waals surface area contributed by atoms with Crippen molar-refractivity contribution in [3.8, 4) is 11.4 Å². The summed E-state index contributed by atoms with van der Waals surface area (Å²) < 4.78 is 5.17. The van der Waals surface area contributed by atoms with E-state index in [0.717, 1.165) is 11.1 Å². The number of nitrogens with one attached hydrogen (secondary N) is 2. The predicted molar refractivity (Wildman–Crippen MR) is 104 cm³/mol. The molecule has 0 aliphatic heterocycles. The predicted octanol–water partition coefficient (Wildman–Crippen LogP) is 5.11. The van der Waals surface area contributed by atoms with Gasteiger partial charge < -0.3 is 14.8 Å². The van der Waals surface area contributed by atoms with Crippen molar-refractivity contribution >= 4 is 51.6 Å². The Morgan fingerprint density at radius 1 is 1.07 bits per heavy atom. The molecule has 136 valence electrons. The van der Waals surface area contributed by atoms with Gasteiger partial charge in [0.05, 0.1) is 11.6 Å². The first kappa shape index (κ1) is 17.9. The molecule has 9 heteroatoms. The third-order valence-corrected chi connectivity index (χ3v) is 4.77. The molecule has 4 rings (SSSR count). The van der Waals surface area contributed by atoms with Crippen LogP contribution in [0.2, 0.25) is 15.1 Å². The summed E-state index contributed by atoms with van der Waals surface area (Å²) in [6.07, 6.45) is 0. The zero-order valence-electron chi connectivity index (χ0n) is 13.6. The first-order valence-electron chi connectivity index (χ1n) is 7.85. The molecule has 27 heavy (non-hydrogen) atoms. The van der Waals surface area contributed by atoms with Gasteiger partial charge in [-0.1, -0.05) is 40.0 Å². The number of carbonyl (C=O) groups excluding carboxylic acids is 1. The number of nitrogens with zero attached hydrogens (tertiary/aromatic N) is 2. The van der Waals surface area contributed by atoms with Crippen LogP contribution < -0.4 is 5.32 Å². The third kappa shape index (κ3) is 3.64. The van der Waals surface area contributed by atoms with E-state index in [1.54, 1.807) is 42.5 Å². The second kappa shape index (κ2) is 7.23. The smallest absolute Gasteiger partial charge is 0.269 e. The fraction of sp³-hybridized carbons (Fsp3) is 0.0556. The number of aromatic nitrogens is 3. The topological polar surface area (TPSA) is 83.8 Å². The Balaban J connectivity index is 1.48. The van der Waals surface area contributed by atoms with Gasteiger partial charge in [-0.15, -0.1) is 0 Å². The van der Waals surface area contributed by atoms with Crippen molar-refractivity contribution in [1.82, 2.24) is 20.4 Å². The minimum atomic E-state index is -0.390. The maximum atomic E-state index is 12.4. The summed E-state index contributed by atoms with van der Waals surface area (Å²) in [5.74, 6) is 0.288. The van der Waals surface area contributed by atoms with Crippen LogP contribution in [0.25, 0.3) is 22.3 Å². The Kier molecular flexibility index (Phi) is 4.78. The average Bonchev–Trinajstić information content (AvgIpc) is 3.26. The Morgan fingerprint density at radius 3 is 2.59 bits per heavy atom.